The summed E-state index contributed by atoms with van der Waals surface area (Å²) >= 11 is 5.87. The number of hydrogen-bond donors (Lipinski definition) is 1. The van der Waals surface area contributed by atoms with Crippen LogP contribution in [-0.4, -0.2) is 39.7 Å². The van der Waals surface area contributed by atoms with Crippen LogP contribution in [0.3, 0.4) is 0 Å². The van der Waals surface area contributed by atoms with Gasteiger partial charge in [-0.1, -0.05) is 23.7 Å². The maximum absolute atomic E-state index is 12.3. The van der Waals surface area contributed by atoms with E-state index in [4.69, 9.17) is 11.6 Å². The quantitative estimate of drug-likeness (QED) is 0.905. The Morgan fingerprint density at radius 2 is 2.04 bits per heavy atom. The Kier molecular flexibility index (Phi) is 5.21. The molecule has 2 heterocycles. The highest BCUT2D eigenvalue weighted by atomic mass is 35.5. The standard InChI is InChI=1S/C18H23ClN4O/c1-13(2)22-9-10-23-16(12-22)11-17(21-23)18(24)20-8-7-14-3-5-15(19)6-4-14/h3-6,11,13H,7-10,12H2,1-2H3,(H,20,24). The van der Waals surface area contributed by atoms with Gasteiger partial charge in [0.05, 0.1) is 12.2 Å². The number of aromatic nitrogens is 2. The van der Waals surface area contributed by atoms with Crippen molar-refractivity contribution in [3.05, 3.63) is 52.3 Å². The van der Waals surface area contributed by atoms with Crippen LogP contribution >= 0.6 is 11.6 Å². The van der Waals surface area contributed by atoms with Gasteiger partial charge in [-0.05, 0) is 44.0 Å². The predicted molar refractivity (Wildman–Crippen MR) is 95.3 cm³/mol. The lowest BCUT2D eigenvalue weighted by Crippen LogP contribution is -2.38. The Labute approximate surface area is 147 Å². The van der Waals surface area contributed by atoms with Crippen molar-refractivity contribution in [2.45, 2.75) is 39.4 Å². The summed E-state index contributed by atoms with van der Waals surface area (Å²) in [5.41, 5.74) is 2.76. The molecular formula is C18H23ClN4O. The van der Waals surface area contributed by atoms with Crippen molar-refractivity contribution >= 4 is 17.5 Å². The van der Waals surface area contributed by atoms with Crippen molar-refractivity contribution in [3.8, 4) is 0 Å². The molecule has 24 heavy (non-hydrogen) atoms. The lowest BCUT2D eigenvalue weighted by molar-refractivity contribution is 0.0948. The molecule has 1 aromatic heterocycles. The highest BCUT2D eigenvalue weighted by molar-refractivity contribution is 6.30. The number of benzene rings is 1. The Morgan fingerprint density at radius 3 is 2.75 bits per heavy atom. The second kappa shape index (κ2) is 7.36. The van der Waals surface area contributed by atoms with Gasteiger partial charge < -0.3 is 5.32 Å². The number of rotatable bonds is 5. The van der Waals surface area contributed by atoms with Crippen LogP contribution in [0.4, 0.5) is 0 Å². The molecule has 0 spiro atoms. The van der Waals surface area contributed by atoms with Crippen LogP contribution < -0.4 is 5.32 Å². The third-order valence-electron chi connectivity index (χ3n) is 4.40. The van der Waals surface area contributed by atoms with Crippen molar-refractivity contribution in [2.24, 2.45) is 0 Å². The summed E-state index contributed by atoms with van der Waals surface area (Å²) < 4.78 is 1.95. The molecule has 0 fully saturated rings. The number of hydrogen-bond acceptors (Lipinski definition) is 3. The van der Waals surface area contributed by atoms with Crippen molar-refractivity contribution < 1.29 is 4.79 Å². The van der Waals surface area contributed by atoms with Crippen LogP contribution in [0, 0.1) is 0 Å². The molecule has 5 nitrogen and oxygen atoms in total. The van der Waals surface area contributed by atoms with Crippen molar-refractivity contribution in [3.63, 3.8) is 0 Å². The maximum atomic E-state index is 12.3. The molecule has 1 aliphatic heterocycles. The first-order valence-electron chi connectivity index (χ1n) is 8.36. The molecule has 0 saturated heterocycles. The average Bonchev–Trinajstić information content (AvgIpc) is 2.99. The number of amides is 1. The van der Waals surface area contributed by atoms with Gasteiger partial charge in [0.1, 0.15) is 5.69 Å². The summed E-state index contributed by atoms with van der Waals surface area (Å²) in [5, 5.41) is 8.11. The zero-order valence-corrected chi connectivity index (χ0v) is 14.9. The number of carbonyl (C=O) groups is 1. The van der Waals surface area contributed by atoms with Gasteiger partial charge in [-0.25, -0.2) is 0 Å². The molecule has 1 aliphatic rings. The largest absolute Gasteiger partial charge is 0.350 e. The number of nitrogens with one attached hydrogen (secondary N) is 1. The topological polar surface area (TPSA) is 50.2 Å². The van der Waals surface area contributed by atoms with E-state index in [2.05, 4.69) is 29.2 Å². The van der Waals surface area contributed by atoms with Gasteiger partial charge in [0, 0.05) is 30.7 Å². The fraction of sp³-hybridized carbons (Fsp3) is 0.444. The lowest BCUT2D eigenvalue weighted by Gasteiger charge is -2.30. The summed E-state index contributed by atoms with van der Waals surface area (Å²) in [6, 6.07) is 10.1. The highest BCUT2D eigenvalue weighted by Crippen LogP contribution is 2.16. The number of fused-ring (bicyclic) bond motifs is 1. The minimum absolute atomic E-state index is 0.109. The van der Waals surface area contributed by atoms with Crippen LogP contribution in [0.5, 0.6) is 0 Å². The van der Waals surface area contributed by atoms with Crippen LogP contribution in [0.2, 0.25) is 5.02 Å². The van der Waals surface area contributed by atoms with E-state index < -0.39 is 0 Å². The molecule has 1 amide bonds. The minimum atomic E-state index is -0.109. The van der Waals surface area contributed by atoms with Gasteiger partial charge in [0.15, 0.2) is 0 Å². The number of carbonyl (C=O) groups excluding carboxylic acids is 1. The van der Waals surface area contributed by atoms with Gasteiger partial charge >= 0.3 is 0 Å². The summed E-state index contributed by atoms with van der Waals surface area (Å²) in [5.74, 6) is -0.109. The fourth-order valence-corrected chi connectivity index (χ4v) is 3.03. The molecule has 2 aromatic rings. The summed E-state index contributed by atoms with van der Waals surface area (Å²) in [6.07, 6.45) is 0.775. The Hall–Kier alpha value is -1.85. The first kappa shape index (κ1) is 17.0. The molecule has 1 N–H and O–H groups in total. The molecule has 128 valence electrons. The van der Waals surface area contributed by atoms with E-state index in [1.807, 2.05) is 35.0 Å². The third-order valence-corrected chi connectivity index (χ3v) is 4.65. The zero-order chi connectivity index (χ0) is 17.1. The zero-order valence-electron chi connectivity index (χ0n) is 14.1. The number of nitrogens with zero attached hydrogens (tertiary/aromatic N) is 3. The Bertz CT molecular complexity index is 708. The molecule has 0 aliphatic carbocycles. The molecular weight excluding hydrogens is 324 g/mol. The van der Waals surface area contributed by atoms with Crippen molar-refractivity contribution in [2.75, 3.05) is 13.1 Å². The monoisotopic (exact) mass is 346 g/mol. The van der Waals surface area contributed by atoms with E-state index in [0.29, 0.717) is 18.3 Å². The first-order valence-corrected chi connectivity index (χ1v) is 8.74. The van der Waals surface area contributed by atoms with E-state index in [-0.39, 0.29) is 5.91 Å². The average molecular weight is 347 g/mol. The van der Waals surface area contributed by atoms with Gasteiger partial charge in [-0.15, -0.1) is 0 Å². The molecule has 0 bridgehead atoms. The van der Waals surface area contributed by atoms with Crippen molar-refractivity contribution in [1.29, 1.82) is 0 Å². The molecule has 0 saturated carbocycles. The van der Waals surface area contributed by atoms with E-state index in [1.165, 1.54) is 0 Å². The molecule has 3 rings (SSSR count). The number of halogens is 1. The second-order valence-corrected chi connectivity index (χ2v) is 6.88. The third kappa shape index (κ3) is 3.97. The van der Waals surface area contributed by atoms with Gasteiger partial charge in [0.25, 0.3) is 5.91 Å². The summed E-state index contributed by atoms with van der Waals surface area (Å²) in [7, 11) is 0. The van der Waals surface area contributed by atoms with Crippen LogP contribution in [0.15, 0.2) is 30.3 Å². The van der Waals surface area contributed by atoms with Crippen LogP contribution in [-0.2, 0) is 19.5 Å². The van der Waals surface area contributed by atoms with Crippen LogP contribution in [0.1, 0.15) is 35.6 Å². The van der Waals surface area contributed by atoms with Gasteiger partial charge in [-0.2, -0.15) is 5.10 Å². The smallest absolute Gasteiger partial charge is 0.271 e. The predicted octanol–water partition coefficient (Wildman–Crippen LogP) is 2.73. The van der Waals surface area contributed by atoms with Crippen molar-refractivity contribution in [1.82, 2.24) is 20.0 Å². The lowest BCUT2D eigenvalue weighted by atomic mass is 10.1. The van der Waals surface area contributed by atoms with E-state index >= 15 is 0 Å². The fourth-order valence-electron chi connectivity index (χ4n) is 2.90. The SMILES string of the molecule is CC(C)N1CCn2nc(C(=O)NCCc3ccc(Cl)cc3)cc2C1. The molecule has 1 aromatic carbocycles. The van der Waals surface area contributed by atoms with Crippen LogP contribution in [0.25, 0.3) is 0 Å². The molecule has 0 atom stereocenters. The first-order chi connectivity index (χ1) is 11.5. The molecule has 6 heteroatoms. The summed E-state index contributed by atoms with van der Waals surface area (Å²) in [4.78, 5) is 14.7. The van der Waals surface area contributed by atoms with E-state index in [0.717, 1.165) is 42.3 Å². The summed E-state index contributed by atoms with van der Waals surface area (Å²) in [6.45, 7) is 7.63. The van der Waals surface area contributed by atoms with E-state index in [1.54, 1.807) is 0 Å². The second-order valence-electron chi connectivity index (χ2n) is 6.44. The molecule has 0 unspecified atom stereocenters. The highest BCUT2D eigenvalue weighted by Gasteiger charge is 2.22. The van der Waals surface area contributed by atoms with Gasteiger partial charge in [0.2, 0.25) is 0 Å². The molecule has 0 radical (unpaired) electrons. The minimum Gasteiger partial charge on any atom is -0.350 e. The normalized spacial score (nSPS) is 14.7. The van der Waals surface area contributed by atoms with E-state index in [9.17, 15) is 4.79 Å². The maximum Gasteiger partial charge on any atom is 0.271 e. The van der Waals surface area contributed by atoms with Gasteiger partial charge in [-0.3, -0.25) is 14.4 Å². The Morgan fingerprint density at radius 1 is 1.29 bits per heavy atom. The Balaban J connectivity index is 1.55.